The van der Waals surface area contributed by atoms with Gasteiger partial charge in [0.05, 0.1) is 0 Å². The number of nitrogens with one attached hydrogen (secondary N) is 1. The summed E-state index contributed by atoms with van der Waals surface area (Å²) >= 11 is 0. The van der Waals surface area contributed by atoms with Crippen LogP contribution in [-0.2, 0) is 10.0 Å². The minimum Gasteiger partial charge on any atom is -1.00 e. The molecule has 1 N–H and O–H groups in total. The molecule has 78 valence electrons. The van der Waals surface area contributed by atoms with Crippen LogP contribution in [0.5, 0.6) is 0 Å². The molecule has 0 unspecified atom stereocenters. The van der Waals surface area contributed by atoms with E-state index in [4.69, 9.17) is 0 Å². The first-order valence-electron chi connectivity index (χ1n) is 2.13. The molecule has 0 aromatic heterocycles. The Morgan fingerprint density at radius 2 is 1.31 bits per heavy atom. The summed E-state index contributed by atoms with van der Waals surface area (Å²) in [5, 5.41) is 0. The summed E-state index contributed by atoms with van der Waals surface area (Å²) in [6, 6.07) is 0. The average molecular weight is 243 g/mol. The van der Waals surface area contributed by atoms with Gasteiger partial charge < -0.3 is 2.85 Å². The standard InChI is InChI=1S/C2HF6NO2S.Mg.2H/c3-1(4,5)9-12(10,11)2(6,7)8;;;/h9H;;;/q;+2;2*-1. The molecule has 0 spiro atoms. The van der Waals surface area contributed by atoms with Crippen molar-refractivity contribution in [2.75, 3.05) is 0 Å². The van der Waals surface area contributed by atoms with E-state index < -0.39 is 26.6 Å². The third-order valence-corrected chi connectivity index (χ3v) is 1.66. The predicted octanol–water partition coefficient (Wildman–Crippen LogP) is 0.790. The molecule has 0 rings (SSSR count). The molecule has 0 aromatic carbocycles. The number of alkyl halides is 6. The summed E-state index contributed by atoms with van der Waals surface area (Å²) in [6.07, 6.45) is -5.62. The normalized spacial score (nSPS) is 13.7. The van der Waals surface area contributed by atoms with E-state index in [1.165, 1.54) is 0 Å². The van der Waals surface area contributed by atoms with E-state index in [0.717, 1.165) is 0 Å². The van der Waals surface area contributed by atoms with Gasteiger partial charge in [0.25, 0.3) is 0 Å². The third-order valence-electron chi connectivity index (χ3n) is 0.555. The summed E-state index contributed by atoms with van der Waals surface area (Å²) in [5.41, 5.74) is -5.96. The van der Waals surface area contributed by atoms with Crippen molar-refractivity contribution in [3.63, 3.8) is 0 Å². The van der Waals surface area contributed by atoms with Crippen LogP contribution in [-0.4, -0.2) is 43.3 Å². The van der Waals surface area contributed by atoms with Crippen LogP contribution >= 0.6 is 0 Å². The average Bonchev–Trinajstić information content (AvgIpc) is 1.52. The molecule has 0 atom stereocenters. The van der Waals surface area contributed by atoms with E-state index in [1.807, 2.05) is 0 Å². The zero-order chi connectivity index (χ0) is 10.2. The SMILES string of the molecule is O=S(=O)(NC(F)(F)F)C(F)(F)F.[H-].[H-].[Mg+2]. The second-order valence-corrected chi connectivity index (χ2v) is 3.22. The molecule has 0 heterocycles. The van der Waals surface area contributed by atoms with Crippen molar-refractivity contribution in [2.24, 2.45) is 0 Å². The van der Waals surface area contributed by atoms with Gasteiger partial charge in [-0.3, -0.25) is 0 Å². The molecular formula is C2H3F6MgNO2S. The molecular weight excluding hydrogens is 240 g/mol. The van der Waals surface area contributed by atoms with Crippen LogP contribution in [0, 0.1) is 0 Å². The van der Waals surface area contributed by atoms with Gasteiger partial charge in [-0.15, -0.1) is 4.72 Å². The zero-order valence-corrected chi connectivity index (χ0v) is 7.93. The van der Waals surface area contributed by atoms with Gasteiger partial charge in [0.15, 0.2) is 0 Å². The Balaban J connectivity index is -0.000000202. The van der Waals surface area contributed by atoms with E-state index in [9.17, 15) is 34.8 Å². The molecule has 13 heavy (non-hydrogen) atoms. The molecule has 0 aliphatic rings. The molecule has 0 saturated heterocycles. The Morgan fingerprint density at radius 3 is 1.38 bits per heavy atom. The molecule has 11 heteroatoms. The molecule has 0 amide bonds. The number of hydrogen-bond acceptors (Lipinski definition) is 2. The molecule has 3 nitrogen and oxygen atoms in total. The summed E-state index contributed by atoms with van der Waals surface area (Å²) < 4.78 is 85.8. The van der Waals surface area contributed by atoms with Crippen LogP contribution in [0.2, 0.25) is 0 Å². The van der Waals surface area contributed by atoms with Gasteiger partial charge in [-0.2, -0.15) is 26.3 Å². The number of halogens is 6. The first-order valence-corrected chi connectivity index (χ1v) is 3.61. The van der Waals surface area contributed by atoms with Gasteiger partial charge in [0.1, 0.15) is 0 Å². The third kappa shape index (κ3) is 5.54. The Morgan fingerprint density at radius 1 is 1.00 bits per heavy atom. The summed E-state index contributed by atoms with van der Waals surface area (Å²) in [6.45, 7) is 0. The second-order valence-electron chi connectivity index (χ2n) is 1.55. The van der Waals surface area contributed by atoms with E-state index >= 15 is 0 Å². The van der Waals surface area contributed by atoms with Gasteiger partial charge in [-0.05, 0) is 0 Å². The van der Waals surface area contributed by atoms with E-state index in [-0.39, 0.29) is 25.9 Å². The summed E-state index contributed by atoms with van der Waals surface area (Å²) in [5.74, 6) is 0. The maximum absolute atomic E-state index is 11.2. The van der Waals surface area contributed by atoms with Crippen molar-refractivity contribution < 1.29 is 37.6 Å². The summed E-state index contributed by atoms with van der Waals surface area (Å²) in [4.78, 5) is 0. The maximum atomic E-state index is 11.2. The summed E-state index contributed by atoms with van der Waals surface area (Å²) in [7, 11) is -6.33. The first kappa shape index (κ1) is 15.7. The number of sulfonamides is 1. The maximum Gasteiger partial charge on any atom is 2.00 e. The van der Waals surface area contributed by atoms with Crippen molar-refractivity contribution in [1.29, 1.82) is 0 Å². The Labute approximate surface area is 87.6 Å². The molecule has 0 aliphatic heterocycles. The zero-order valence-electron chi connectivity index (χ0n) is 7.70. The number of rotatable bonds is 1. The van der Waals surface area contributed by atoms with Gasteiger partial charge in [-0.25, -0.2) is 8.42 Å². The van der Waals surface area contributed by atoms with Gasteiger partial charge >= 0.3 is 44.9 Å². The van der Waals surface area contributed by atoms with Crippen molar-refractivity contribution in [3.05, 3.63) is 0 Å². The van der Waals surface area contributed by atoms with Crippen molar-refractivity contribution in [1.82, 2.24) is 4.72 Å². The van der Waals surface area contributed by atoms with Crippen LogP contribution in [0.1, 0.15) is 2.85 Å². The fourth-order valence-corrected chi connectivity index (χ4v) is 0.631. The Hall–Kier alpha value is 0.256. The molecule has 0 radical (unpaired) electrons. The van der Waals surface area contributed by atoms with Crippen molar-refractivity contribution >= 4 is 33.1 Å². The van der Waals surface area contributed by atoms with Crippen LogP contribution in [0.4, 0.5) is 26.3 Å². The van der Waals surface area contributed by atoms with Crippen molar-refractivity contribution in [3.8, 4) is 0 Å². The van der Waals surface area contributed by atoms with E-state index in [0.29, 0.717) is 0 Å². The monoisotopic (exact) mass is 243 g/mol. The van der Waals surface area contributed by atoms with Crippen LogP contribution in [0.25, 0.3) is 0 Å². The van der Waals surface area contributed by atoms with E-state index in [1.54, 1.807) is 0 Å². The second kappa shape index (κ2) is 4.19. The number of hydrogen-bond donors (Lipinski definition) is 1. The topological polar surface area (TPSA) is 46.2 Å². The van der Waals surface area contributed by atoms with Crippen LogP contribution in [0.15, 0.2) is 0 Å². The van der Waals surface area contributed by atoms with Crippen LogP contribution in [0.3, 0.4) is 0 Å². The first-order chi connectivity index (χ1) is 4.96. The quantitative estimate of drug-likeness (QED) is 0.420. The Bertz CT molecular complexity index is 261. The molecule has 0 fully saturated rings. The van der Waals surface area contributed by atoms with Gasteiger partial charge in [0, 0.05) is 0 Å². The minimum atomic E-state index is -6.33. The molecule has 0 aromatic rings. The van der Waals surface area contributed by atoms with E-state index in [2.05, 4.69) is 0 Å². The van der Waals surface area contributed by atoms with Gasteiger partial charge in [-0.1, -0.05) is 0 Å². The van der Waals surface area contributed by atoms with Gasteiger partial charge in [0.2, 0.25) is 0 Å². The minimum absolute atomic E-state index is 0. The fourth-order valence-electron chi connectivity index (χ4n) is 0.210. The molecule has 0 bridgehead atoms. The van der Waals surface area contributed by atoms with Crippen LogP contribution < -0.4 is 4.72 Å². The Kier molecular flexibility index (Phi) is 5.06. The van der Waals surface area contributed by atoms with Crippen molar-refractivity contribution in [2.45, 2.75) is 11.8 Å². The largest absolute Gasteiger partial charge is 2.00 e. The predicted molar refractivity (Wildman–Crippen MR) is 32.1 cm³/mol. The smallest absolute Gasteiger partial charge is 1.00 e. The fraction of sp³-hybridized carbons (Fsp3) is 1.00. The molecule has 0 saturated carbocycles. The molecule has 0 aliphatic carbocycles.